The first kappa shape index (κ1) is 10.5. The third kappa shape index (κ3) is 3.43. The number of pyridine rings is 1. The van der Waals surface area contributed by atoms with Gasteiger partial charge >= 0.3 is 5.97 Å². The van der Waals surface area contributed by atoms with E-state index >= 15 is 0 Å². The second-order valence-electron chi connectivity index (χ2n) is 2.93. The molecule has 1 aromatic heterocycles. The van der Waals surface area contributed by atoms with Crippen molar-refractivity contribution in [3.8, 4) is 5.75 Å². The average Bonchev–Trinajstić information content (AvgIpc) is 2.17. The Kier molecular flexibility index (Phi) is 3.91. The van der Waals surface area contributed by atoms with Crippen LogP contribution in [-0.4, -0.2) is 22.2 Å². The number of aliphatic carboxylic acids is 1. The van der Waals surface area contributed by atoms with Gasteiger partial charge in [0.25, 0.3) is 0 Å². The number of nitrogens with zero attached hydrogens (tertiary/aromatic N) is 1. The SMILES string of the molecule is CCC(CC(=O)O)Oc1cccnc1. The molecule has 0 aliphatic heterocycles. The van der Waals surface area contributed by atoms with Gasteiger partial charge in [0, 0.05) is 6.20 Å². The van der Waals surface area contributed by atoms with E-state index in [9.17, 15) is 4.79 Å². The molecule has 0 saturated heterocycles. The molecule has 1 N–H and O–H groups in total. The number of hydrogen-bond acceptors (Lipinski definition) is 3. The lowest BCUT2D eigenvalue weighted by molar-refractivity contribution is -0.138. The molecule has 76 valence electrons. The average molecular weight is 195 g/mol. The van der Waals surface area contributed by atoms with E-state index in [2.05, 4.69) is 4.98 Å². The smallest absolute Gasteiger partial charge is 0.307 e. The van der Waals surface area contributed by atoms with Crippen LogP contribution in [-0.2, 0) is 4.79 Å². The minimum atomic E-state index is -0.847. The maximum Gasteiger partial charge on any atom is 0.307 e. The molecule has 0 aliphatic rings. The Labute approximate surface area is 82.5 Å². The summed E-state index contributed by atoms with van der Waals surface area (Å²) in [4.78, 5) is 14.3. The third-order valence-corrected chi connectivity index (χ3v) is 1.79. The summed E-state index contributed by atoms with van der Waals surface area (Å²) in [6.45, 7) is 1.89. The number of ether oxygens (including phenoxy) is 1. The molecule has 1 heterocycles. The first-order chi connectivity index (χ1) is 6.72. The summed E-state index contributed by atoms with van der Waals surface area (Å²) in [6, 6.07) is 3.51. The van der Waals surface area contributed by atoms with Gasteiger partial charge in [-0.1, -0.05) is 6.92 Å². The molecule has 0 aromatic carbocycles. The predicted molar refractivity (Wildman–Crippen MR) is 51.2 cm³/mol. The molecular weight excluding hydrogens is 182 g/mol. The zero-order chi connectivity index (χ0) is 10.4. The van der Waals surface area contributed by atoms with E-state index in [-0.39, 0.29) is 12.5 Å². The molecule has 0 bridgehead atoms. The predicted octanol–water partition coefficient (Wildman–Crippen LogP) is 1.71. The van der Waals surface area contributed by atoms with E-state index in [1.165, 1.54) is 0 Å². The molecule has 0 amide bonds. The van der Waals surface area contributed by atoms with E-state index in [1.54, 1.807) is 24.5 Å². The summed E-state index contributed by atoms with van der Waals surface area (Å²) in [6.07, 6.45) is 3.62. The molecule has 1 atom stereocenters. The second kappa shape index (κ2) is 5.21. The zero-order valence-corrected chi connectivity index (χ0v) is 8.01. The molecule has 0 aliphatic carbocycles. The molecule has 0 saturated carbocycles. The van der Waals surface area contributed by atoms with Crippen LogP contribution < -0.4 is 4.74 Å². The molecular formula is C10H13NO3. The second-order valence-corrected chi connectivity index (χ2v) is 2.93. The van der Waals surface area contributed by atoms with E-state index in [1.807, 2.05) is 6.92 Å². The summed E-state index contributed by atoms with van der Waals surface area (Å²) in [7, 11) is 0. The quantitative estimate of drug-likeness (QED) is 0.777. The fourth-order valence-corrected chi connectivity index (χ4v) is 1.07. The number of hydrogen-bond donors (Lipinski definition) is 1. The molecule has 1 unspecified atom stereocenters. The van der Waals surface area contributed by atoms with Gasteiger partial charge in [-0.2, -0.15) is 0 Å². The van der Waals surface area contributed by atoms with Gasteiger partial charge in [0.1, 0.15) is 11.9 Å². The van der Waals surface area contributed by atoms with Crippen LogP contribution in [0.25, 0.3) is 0 Å². The fourth-order valence-electron chi connectivity index (χ4n) is 1.07. The number of rotatable bonds is 5. The van der Waals surface area contributed by atoms with Crippen LogP contribution in [0.3, 0.4) is 0 Å². The van der Waals surface area contributed by atoms with Crippen molar-refractivity contribution in [1.82, 2.24) is 4.98 Å². The van der Waals surface area contributed by atoms with Gasteiger partial charge in [0.15, 0.2) is 0 Å². The van der Waals surface area contributed by atoms with Crippen LogP contribution in [0.5, 0.6) is 5.75 Å². The van der Waals surface area contributed by atoms with E-state index in [0.717, 1.165) is 0 Å². The van der Waals surface area contributed by atoms with Crippen molar-refractivity contribution in [2.24, 2.45) is 0 Å². The summed E-state index contributed by atoms with van der Waals surface area (Å²) in [5.74, 6) is -0.235. The highest BCUT2D eigenvalue weighted by Crippen LogP contribution is 2.12. The molecule has 0 radical (unpaired) electrons. The Morgan fingerprint density at radius 3 is 3.00 bits per heavy atom. The fraction of sp³-hybridized carbons (Fsp3) is 0.400. The Morgan fingerprint density at radius 2 is 2.50 bits per heavy atom. The van der Waals surface area contributed by atoms with Crippen molar-refractivity contribution in [1.29, 1.82) is 0 Å². The number of aromatic nitrogens is 1. The highest BCUT2D eigenvalue weighted by atomic mass is 16.5. The molecule has 14 heavy (non-hydrogen) atoms. The number of carboxylic acids is 1. The first-order valence-corrected chi connectivity index (χ1v) is 4.51. The summed E-state index contributed by atoms with van der Waals surface area (Å²) < 4.78 is 5.43. The summed E-state index contributed by atoms with van der Waals surface area (Å²) in [5.41, 5.74) is 0. The minimum Gasteiger partial charge on any atom is -0.488 e. The lowest BCUT2D eigenvalue weighted by Crippen LogP contribution is -2.19. The van der Waals surface area contributed by atoms with Crippen molar-refractivity contribution >= 4 is 5.97 Å². The largest absolute Gasteiger partial charge is 0.488 e. The van der Waals surface area contributed by atoms with Gasteiger partial charge in [-0.3, -0.25) is 9.78 Å². The van der Waals surface area contributed by atoms with Crippen LogP contribution in [0, 0.1) is 0 Å². The van der Waals surface area contributed by atoms with Crippen LogP contribution >= 0.6 is 0 Å². The molecule has 1 aromatic rings. The molecule has 0 spiro atoms. The lowest BCUT2D eigenvalue weighted by Gasteiger charge is -2.14. The Morgan fingerprint density at radius 1 is 1.71 bits per heavy atom. The van der Waals surface area contributed by atoms with E-state index in [0.29, 0.717) is 12.2 Å². The number of carbonyl (C=O) groups is 1. The van der Waals surface area contributed by atoms with Gasteiger partial charge < -0.3 is 9.84 Å². The van der Waals surface area contributed by atoms with Crippen molar-refractivity contribution in [2.45, 2.75) is 25.9 Å². The van der Waals surface area contributed by atoms with Crippen LogP contribution in [0.4, 0.5) is 0 Å². The minimum absolute atomic E-state index is 0.0192. The van der Waals surface area contributed by atoms with Gasteiger partial charge in [-0.15, -0.1) is 0 Å². The zero-order valence-electron chi connectivity index (χ0n) is 8.01. The molecule has 4 heteroatoms. The van der Waals surface area contributed by atoms with Gasteiger partial charge in [-0.05, 0) is 18.6 Å². The highest BCUT2D eigenvalue weighted by molar-refractivity contribution is 5.67. The normalized spacial score (nSPS) is 12.1. The van der Waals surface area contributed by atoms with Crippen LogP contribution in [0.2, 0.25) is 0 Å². The monoisotopic (exact) mass is 195 g/mol. The highest BCUT2D eigenvalue weighted by Gasteiger charge is 2.12. The van der Waals surface area contributed by atoms with E-state index in [4.69, 9.17) is 9.84 Å². The van der Waals surface area contributed by atoms with Crippen LogP contribution in [0.1, 0.15) is 19.8 Å². The Balaban J connectivity index is 2.53. The van der Waals surface area contributed by atoms with Crippen LogP contribution in [0.15, 0.2) is 24.5 Å². The Hall–Kier alpha value is -1.58. The molecule has 1 rings (SSSR count). The molecule has 0 fully saturated rings. The molecule has 4 nitrogen and oxygen atoms in total. The van der Waals surface area contributed by atoms with Gasteiger partial charge in [0.2, 0.25) is 0 Å². The van der Waals surface area contributed by atoms with Gasteiger partial charge in [0.05, 0.1) is 12.6 Å². The summed E-state index contributed by atoms with van der Waals surface area (Å²) >= 11 is 0. The maximum absolute atomic E-state index is 10.5. The van der Waals surface area contributed by atoms with Crippen molar-refractivity contribution in [2.75, 3.05) is 0 Å². The standard InChI is InChI=1S/C10H13NO3/c1-2-8(6-10(12)13)14-9-4-3-5-11-7-9/h3-5,7-8H,2,6H2,1H3,(H,12,13). The number of carboxylic acid groups (broad SMARTS) is 1. The summed E-state index contributed by atoms with van der Waals surface area (Å²) in [5, 5.41) is 8.60. The first-order valence-electron chi connectivity index (χ1n) is 4.51. The Bertz CT molecular complexity index is 287. The van der Waals surface area contributed by atoms with Gasteiger partial charge in [-0.25, -0.2) is 0 Å². The van der Waals surface area contributed by atoms with Crippen molar-refractivity contribution < 1.29 is 14.6 Å². The van der Waals surface area contributed by atoms with Crippen molar-refractivity contribution in [3.05, 3.63) is 24.5 Å². The van der Waals surface area contributed by atoms with Crippen molar-refractivity contribution in [3.63, 3.8) is 0 Å². The topological polar surface area (TPSA) is 59.4 Å². The maximum atomic E-state index is 10.5. The van der Waals surface area contributed by atoms with E-state index < -0.39 is 5.97 Å². The lowest BCUT2D eigenvalue weighted by atomic mass is 10.2. The third-order valence-electron chi connectivity index (χ3n) is 1.79.